The summed E-state index contributed by atoms with van der Waals surface area (Å²) >= 11 is 0. The highest BCUT2D eigenvalue weighted by molar-refractivity contribution is 7.46. The minimum Gasteiger partial charge on any atom is -0.455 e. The summed E-state index contributed by atoms with van der Waals surface area (Å²) in [7, 11) is -5.16. The number of aliphatic hydroxyl groups excluding tert-OH is 1. The Morgan fingerprint density at radius 2 is 1.70 bits per heavy atom. The predicted octanol–water partition coefficient (Wildman–Crippen LogP) is -0.344. The topological polar surface area (TPSA) is 216 Å². The van der Waals surface area contributed by atoms with Crippen molar-refractivity contribution in [1.82, 2.24) is 24.4 Å². The second-order valence-corrected chi connectivity index (χ2v) is 8.99. The van der Waals surface area contributed by atoms with Crippen LogP contribution >= 0.6 is 7.82 Å². The van der Waals surface area contributed by atoms with Crippen LogP contribution in [0.2, 0.25) is 0 Å². The van der Waals surface area contributed by atoms with Gasteiger partial charge in [-0.2, -0.15) is 0 Å². The summed E-state index contributed by atoms with van der Waals surface area (Å²) in [4.78, 5) is 65.6. The number of hydrogen-bond donors (Lipinski definition) is 4. The molecule has 1 unspecified atom stereocenters. The summed E-state index contributed by atoms with van der Waals surface area (Å²) in [5, 5.41) is 10.1. The molecule has 1 saturated heterocycles. The maximum Gasteiger partial charge on any atom is 0.472 e. The molecule has 1 fully saturated rings. The number of rotatable bonds is 9. The Morgan fingerprint density at radius 1 is 1.14 bits per heavy atom. The van der Waals surface area contributed by atoms with Crippen molar-refractivity contribution in [2.75, 3.05) is 19.6 Å². The van der Waals surface area contributed by atoms with Crippen LogP contribution in [0.5, 0.6) is 0 Å². The van der Waals surface area contributed by atoms with Gasteiger partial charge in [0.05, 0.1) is 12.7 Å². The third-order valence-electron chi connectivity index (χ3n) is 5.34. The molecule has 5 atom stereocenters. The molecule has 3 rings (SSSR count). The summed E-state index contributed by atoms with van der Waals surface area (Å²) in [6.07, 6.45) is -6.03. The molecule has 17 heteroatoms. The van der Waals surface area contributed by atoms with Crippen LogP contribution in [0.4, 0.5) is 0 Å². The summed E-state index contributed by atoms with van der Waals surface area (Å²) in [6.45, 7) is 12.2. The summed E-state index contributed by atoms with van der Waals surface area (Å²) in [5.41, 5.74) is -0.644. The number of aliphatic hydroxyl groups is 1. The van der Waals surface area contributed by atoms with Crippen molar-refractivity contribution >= 4 is 30.9 Å². The van der Waals surface area contributed by atoms with E-state index in [0.717, 1.165) is 26.5 Å². The number of hydrogen-bond acceptors (Lipinski definition) is 12. The van der Waals surface area contributed by atoms with E-state index in [1.54, 1.807) is 0 Å². The van der Waals surface area contributed by atoms with Gasteiger partial charge < -0.3 is 39.0 Å². The summed E-state index contributed by atoms with van der Waals surface area (Å²) in [5.74, 6) is -1.67. The molecule has 16 nitrogen and oxygen atoms in total. The molecule has 1 aliphatic rings. The average molecular weight is 549 g/mol. The first kappa shape index (κ1) is 30.5. The largest absolute Gasteiger partial charge is 0.472 e. The zero-order valence-corrected chi connectivity index (χ0v) is 21.9. The van der Waals surface area contributed by atoms with E-state index < -0.39 is 56.2 Å². The number of nitrogens with zero attached hydrogens (tertiary/aromatic N) is 4. The lowest BCUT2D eigenvalue weighted by atomic mass is 10.1. The predicted molar refractivity (Wildman–Crippen MR) is 126 cm³/mol. The Kier molecular flexibility index (Phi) is 10.9. The Hall–Kier alpha value is -2.72. The highest BCUT2D eigenvalue weighted by Gasteiger charge is 2.54. The number of esters is 2. The van der Waals surface area contributed by atoms with Gasteiger partial charge in [-0.05, 0) is 19.6 Å². The van der Waals surface area contributed by atoms with Gasteiger partial charge in [-0.1, -0.05) is 20.8 Å². The number of H-pyrrole nitrogens is 1. The second-order valence-electron chi connectivity index (χ2n) is 7.80. The lowest BCUT2D eigenvalue weighted by Gasteiger charge is -2.25. The van der Waals surface area contributed by atoms with Gasteiger partial charge in [0.1, 0.15) is 0 Å². The number of phosphoric acid groups is 1. The molecule has 0 saturated carbocycles. The maximum atomic E-state index is 11.9. The Balaban J connectivity index is 0.000000604. The van der Waals surface area contributed by atoms with Crippen molar-refractivity contribution in [3.05, 3.63) is 23.0 Å². The number of nitrogens with one attached hydrogen (secondary N) is 1. The molecule has 2 aromatic heterocycles. The number of aromatic amines is 1. The van der Waals surface area contributed by atoms with Gasteiger partial charge in [0, 0.05) is 13.8 Å². The average Bonchev–Trinajstić information content (AvgIpc) is 3.36. The molecule has 3 heterocycles. The second kappa shape index (κ2) is 13.2. The van der Waals surface area contributed by atoms with Gasteiger partial charge in [-0.15, -0.1) is 0 Å². The normalized spacial score (nSPS) is 22.4. The smallest absolute Gasteiger partial charge is 0.455 e. The van der Waals surface area contributed by atoms with Crippen LogP contribution < -0.4 is 5.56 Å². The number of aromatic nitrogens is 4. The van der Waals surface area contributed by atoms with Crippen molar-refractivity contribution in [2.45, 2.75) is 65.4 Å². The lowest BCUT2D eigenvalue weighted by molar-refractivity contribution is -0.178. The van der Waals surface area contributed by atoms with Gasteiger partial charge in [0.25, 0.3) is 5.56 Å². The first-order valence-electron chi connectivity index (χ1n) is 11.4. The lowest BCUT2D eigenvalue weighted by Crippen LogP contribution is -2.44. The minimum atomic E-state index is -5.16. The zero-order chi connectivity index (χ0) is 27.9. The highest BCUT2D eigenvalue weighted by atomic mass is 31.2. The zero-order valence-electron chi connectivity index (χ0n) is 21.0. The fraction of sp³-hybridized carbons (Fsp3) is 0.650. The molecule has 4 N–H and O–H groups in total. The van der Waals surface area contributed by atoms with Crippen LogP contribution in [0.1, 0.15) is 40.8 Å². The van der Waals surface area contributed by atoms with Crippen LogP contribution in [0.15, 0.2) is 17.4 Å². The van der Waals surface area contributed by atoms with Crippen molar-refractivity contribution < 1.29 is 47.8 Å². The summed E-state index contributed by atoms with van der Waals surface area (Å²) in [6, 6.07) is 0. The van der Waals surface area contributed by atoms with E-state index >= 15 is 0 Å². The van der Waals surface area contributed by atoms with Crippen molar-refractivity contribution in [3.8, 4) is 0 Å². The van der Waals surface area contributed by atoms with Gasteiger partial charge in [0.2, 0.25) is 0 Å². The molecule has 0 amide bonds. The Bertz CT molecular complexity index is 1160. The monoisotopic (exact) mass is 549 g/mol. The molecule has 0 radical (unpaired) electrons. The van der Waals surface area contributed by atoms with Gasteiger partial charge in [-0.25, -0.2) is 14.5 Å². The van der Waals surface area contributed by atoms with E-state index in [2.05, 4.69) is 45.1 Å². The SMILES string of the molecule is CC(=O)O[C@H]1[C@H](OC(C)=O)[C@H](n2cnc3c(=O)[nH]cnc32)O[C@@H]1C(O)OP(=O)(O)O.CCN(CC)CC. The number of ether oxygens (including phenoxy) is 3. The molecule has 2 aromatic rings. The molecular weight excluding hydrogens is 517 g/mol. The van der Waals surface area contributed by atoms with Crippen LogP contribution in [-0.4, -0.2) is 95.5 Å². The van der Waals surface area contributed by atoms with Crippen LogP contribution in [0.3, 0.4) is 0 Å². The maximum absolute atomic E-state index is 11.9. The number of phosphoric ester groups is 1. The standard InChI is InChI=1S/C14H17N4O11P.C6H15N/c1-5(19)26-8-9(27-6(2)20)13(28-10(8)14(22)29-30(23,24)25)18-4-17-7-11(18)15-3-16-12(7)21;1-4-7(5-2)6-3/h3-4,8-10,13-14,22H,1-2H3,(H,15,16,21)(H2,23,24,25);4-6H2,1-3H3/t8-,9-,10-,13+,14?;/m0./s1. The molecule has 37 heavy (non-hydrogen) atoms. The van der Waals surface area contributed by atoms with Crippen molar-refractivity contribution in [2.24, 2.45) is 0 Å². The van der Waals surface area contributed by atoms with Crippen LogP contribution in [0, 0.1) is 0 Å². The third kappa shape index (κ3) is 8.13. The van der Waals surface area contributed by atoms with E-state index in [9.17, 15) is 24.1 Å². The number of imidazole rings is 1. The number of carbonyl (C=O) groups is 2. The number of fused-ring (bicyclic) bond motifs is 1. The highest BCUT2D eigenvalue weighted by Crippen LogP contribution is 2.42. The molecule has 0 bridgehead atoms. The van der Waals surface area contributed by atoms with E-state index in [4.69, 9.17) is 24.0 Å². The van der Waals surface area contributed by atoms with Crippen LogP contribution in [0.25, 0.3) is 11.2 Å². The molecule has 1 aliphatic heterocycles. The van der Waals surface area contributed by atoms with Crippen molar-refractivity contribution in [1.29, 1.82) is 0 Å². The van der Waals surface area contributed by atoms with E-state index in [1.807, 2.05) is 0 Å². The first-order valence-corrected chi connectivity index (χ1v) is 12.9. The fourth-order valence-electron chi connectivity index (χ4n) is 3.68. The molecular formula is C20H32N5O11P. The fourth-order valence-corrected chi connectivity index (χ4v) is 4.08. The molecule has 208 valence electrons. The first-order chi connectivity index (χ1) is 17.3. The third-order valence-corrected chi connectivity index (χ3v) is 5.83. The Labute approximate surface area is 211 Å². The van der Waals surface area contributed by atoms with Gasteiger partial charge in [0.15, 0.2) is 42.0 Å². The Morgan fingerprint density at radius 3 is 2.19 bits per heavy atom. The van der Waals surface area contributed by atoms with E-state index in [-0.39, 0.29) is 11.2 Å². The van der Waals surface area contributed by atoms with Crippen molar-refractivity contribution in [3.63, 3.8) is 0 Å². The quantitative estimate of drug-likeness (QED) is 0.179. The molecule has 0 aromatic carbocycles. The molecule has 0 spiro atoms. The van der Waals surface area contributed by atoms with E-state index in [0.29, 0.717) is 0 Å². The van der Waals surface area contributed by atoms with Crippen LogP contribution in [-0.2, 0) is 32.9 Å². The summed E-state index contributed by atoms with van der Waals surface area (Å²) < 4.78 is 32.4. The number of carbonyl (C=O) groups excluding carboxylic acids is 2. The minimum absolute atomic E-state index is 0.00789. The van der Waals surface area contributed by atoms with Gasteiger partial charge >= 0.3 is 19.8 Å². The molecule has 0 aliphatic carbocycles. The van der Waals surface area contributed by atoms with E-state index in [1.165, 1.54) is 24.2 Å². The van der Waals surface area contributed by atoms with Gasteiger partial charge in [-0.3, -0.25) is 23.5 Å².